The monoisotopic (exact) mass is 452 g/mol. The number of halogens is 1. The third-order valence-corrected chi connectivity index (χ3v) is 6.49. The van der Waals surface area contributed by atoms with Gasteiger partial charge in [0.25, 0.3) is 0 Å². The first-order chi connectivity index (χ1) is 15.7. The SMILES string of the molecule is O=C(Nc1ccccc1Cl)N1CCN(c2ccc(-c3noc(C4CCCC4)n3)cn2)CC1. The number of carbonyl (C=O) groups excluding carboxylic acids is 1. The number of rotatable bonds is 4. The third-order valence-electron chi connectivity index (χ3n) is 6.16. The Morgan fingerprint density at radius 3 is 2.56 bits per heavy atom. The Bertz CT molecular complexity index is 1070. The lowest BCUT2D eigenvalue weighted by Crippen LogP contribution is -2.50. The first-order valence-electron chi connectivity index (χ1n) is 11.0. The molecular formula is C23H25ClN6O2. The Morgan fingerprint density at radius 1 is 1.06 bits per heavy atom. The molecule has 0 radical (unpaired) electrons. The van der Waals surface area contributed by atoms with Crippen LogP contribution in [0.2, 0.25) is 5.02 Å². The van der Waals surface area contributed by atoms with Crippen LogP contribution in [0.5, 0.6) is 0 Å². The van der Waals surface area contributed by atoms with Crippen molar-refractivity contribution in [3.8, 4) is 11.4 Å². The van der Waals surface area contributed by atoms with Gasteiger partial charge in [-0.25, -0.2) is 9.78 Å². The molecule has 2 aromatic heterocycles. The molecule has 32 heavy (non-hydrogen) atoms. The van der Waals surface area contributed by atoms with Crippen molar-refractivity contribution < 1.29 is 9.32 Å². The Hall–Kier alpha value is -3.13. The number of pyridine rings is 1. The fourth-order valence-electron chi connectivity index (χ4n) is 4.29. The van der Waals surface area contributed by atoms with Crippen LogP contribution in [-0.4, -0.2) is 52.2 Å². The number of piperazine rings is 1. The molecule has 1 aromatic carbocycles. The molecule has 0 bridgehead atoms. The van der Waals surface area contributed by atoms with E-state index in [0.717, 1.165) is 30.1 Å². The lowest BCUT2D eigenvalue weighted by atomic mass is 10.1. The largest absolute Gasteiger partial charge is 0.353 e. The van der Waals surface area contributed by atoms with Crippen LogP contribution in [-0.2, 0) is 0 Å². The molecule has 2 aliphatic rings. The molecule has 1 aliphatic carbocycles. The third kappa shape index (κ3) is 4.41. The van der Waals surface area contributed by atoms with Gasteiger partial charge in [0.05, 0.1) is 10.7 Å². The van der Waals surface area contributed by atoms with Crippen molar-refractivity contribution in [1.82, 2.24) is 20.0 Å². The summed E-state index contributed by atoms with van der Waals surface area (Å²) in [6.07, 6.45) is 6.50. The van der Waals surface area contributed by atoms with Crippen LogP contribution in [0.15, 0.2) is 47.1 Å². The van der Waals surface area contributed by atoms with Gasteiger partial charge < -0.3 is 19.6 Å². The number of anilines is 2. The minimum atomic E-state index is -0.142. The second-order valence-corrected chi connectivity index (χ2v) is 8.63. The molecule has 2 fully saturated rings. The molecule has 9 heteroatoms. The van der Waals surface area contributed by atoms with Gasteiger partial charge in [-0.3, -0.25) is 0 Å². The number of benzene rings is 1. The van der Waals surface area contributed by atoms with Gasteiger partial charge in [-0.1, -0.05) is 41.7 Å². The van der Waals surface area contributed by atoms with Crippen molar-refractivity contribution in [1.29, 1.82) is 0 Å². The van der Waals surface area contributed by atoms with E-state index in [1.165, 1.54) is 12.8 Å². The molecular weight excluding hydrogens is 428 g/mol. The highest BCUT2D eigenvalue weighted by Crippen LogP contribution is 2.34. The summed E-state index contributed by atoms with van der Waals surface area (Å²) in [4.78, 5) is 25.7. The predicted octanol–water partition coefficient (Wildman–Crippen LogP) is 4.80. The molecule has 3 aromatic rings. The highest BCUT2D eigenvalue weighted by Gasteiger charge is 2.24. The number of hydrogen-bond donors (Lipinski definition) is 1. The van der Waals surface area contributed by atoms with Crippen LogP contribution in [0, 0.1) is 0 Å². The summed E-state index contributed by atoms with van der Waals surface area (Å²) in [5, 5.41) is 7.55. The van der Waals surface area contributed by atoms with E-state index in [4.69, 9.17) is 16.1 Å². The maximum Gasteiger partial charge on any atom is 0.322 e. The maximum atomic E-state index is 12.6. The molecule has 5 rings (SSSR count). The van der Waals surface area contributed by atoms with Gasteiger partial charge in [0.2, 0.25) is 11.7 Å². The summed E-state index contributed by atoms with van der Waals surface area (Å²) in [5.41, 5.74) is 1.47. The molecule has 1 N–H and O–H groups in total. The van der Waals surface area contributed by atoms with Crippen molar-refractivity contribution >= 4 is 29.1 Å². The van der Waals surface area contributed by atoms with Crippen molar-refractivity contribution in [2.24, 2.45) is 0 Å². The van der Waals surface area contributed by atoms with Crippen LogP contribution in [0.3, 0.4) is 0 Å². The number of nitrogens with zero attached hydrogens (tertiary/aromatic N) is 5. The summed E-state index contributed by atoms with van der Waals surface area (Å²) < 4.78 is 5.48. The fraction of sp³-hybridized carbons (Fsp3) is 0.391. The lowest BCUT2D eigenvalue weighted by Gasteiger charge is -2.35. The molecule has 0 spiro atoms. The number of carbonyl (C=O) groups is 1. The Labute approximate surface area is 191 Å². The van der Waals surface area contributed by atoms with Gasteiger partial charge in [0.1, 0.15) is 5.82 Å². The zero-order valence-corrected chi connectivity index (χ0v) is 18.5. The summed E-state index contributed by atoms with van der Waals surface area (Å²) in [5.74, 6) is 2.61. The van der Waals surface area contributed by atoms with Gasteiger partial charge in [-0.05, 0) is 37.1 Å². The van der Waals surface area contributed by atoms with Crippen molar-refractivity contribution in [3.63, 3.8) is 0 Å². The van der Waals surface area contributed by atoms with Gasteiger partial charge in [-0.2, -0.15) is 4.98 Å². The van der Waals surface area contributed by atoms with Crippen LogP contribution < -0.4 is 10.2 Å². The number of hydrogen-bond acceptors (Lipinski definition) is 6. The second-order valence-electron chi connectivity index (χ2n) is 8.23. The highest BCUT2D eigenvalue weighted by molar-refractivity contribution is 6.33. The Morgan fingerprint density at radius 2 is 1.84 bits per heavy atom. The smallest absolute Gasteiger partial charge is 0.322 e. The average molecular weight is 453 g/mol. The molecule has 1 saturated carbocycles. The normalized spacial score (nSPS) is 17.0. The molecule has 166 valence electrons. The summed E-state index contributed by atoms with van der Waals surface area (Å²) in [6, 6.07) is 11.0. The van der Waals surface area contributed by atoms with E-state index >= 15 is 0 Å². The highest BCUT2D eigenvalue weighted by atomic mass is 35.5. The van der Waals surface area contributed by atoms with Gasteiger partial charge in [0, 0.05) is 43.9 Å². The van der Waals surface area contributed by atoms with Gasteiger partial charge in [0.15, 0.2) is 0 Å². The quantitative estimate of drug-likeness (QED) is 0.612. The van der Waals surface area contributed by atoms with Crippen molar-refractivity contribution in [3.05, 3.63) is 53.5 Å². The molecule has 8 nitrogen and oxygen atoms in total. The fourth-order valence-corrected chi connectivity index (χ4v) is 4.47. The lowest BCUT2D eigenvalue weighted by molar-refractivity contribution is 0.208. The molecule has 0 atom stereocenters. The maximum absolute atomic E-state index is 12.6. The number of aromatic nitrogens is 3. The molecule has 3 heterocycles. The second kappa shape index (κ2) is 9.16. The molecule has 1 saturated heterocycles. The topological polar surface area (TPSA) is 87.4 Å². The van der Waals surface area contributed by atoms with E-state index in [1.807, 2.05) is 24.3 Å². The first kappa shape index (κ1) is 20.8. The van der Waals surface area contributed by atoms with Crippen LogP contribution in [0.25, 0.3) is 11.4 Å². The molecule has 0 unspecified atom stereocenters. The van der Waals surface area contributed by atoms with E-state index in [2.05, 4.69) is 25.3 Å². The van der Waals surface area contributed by atoms with Crippen LogP contribution >= 0.6 is 11.6 Å². The number of amides is 2. The summed E-state index contributed by atoms with van der Waals surface area (Å²) in [7, 11) is 0. The number of nitrogens with one attached hydrogen (secondary N) is 1. The number of urea groups is 1. The molecule has 2 amide bonds. The zero-order chi connectivity index (χ0) is 21.9. The van der Waals surface area contributed by atoms with Crippen LogP contribution in [0.1, 0.15) is 37.5 Å². The van der Waals surface area contributed by atoms with Gasteiger partial charge >= 0.3 is 6.03 Å². The minimum Gasteiger partial charge on any atom is -0.353 e. The average Bonchev–Trinajstić information content (AvgIpc) is 3.53. The van der Waals surface area contributed by atoms with E-state index in [-0.39, 0.29) is 6.03 Å². The van der Waals surface area contributed by atoms with E-state index in [0.29, 0.717) is 48.6 Å². The van der Waals surface area contributed by atoms with Crippen molar-refractivity contribution in [2.45, 2.75) is 31.6 Å². The predicted molar refractivity (Wildman–Crippen MR) is 123 cm³/mol. The van der Waals surface area contributed by atoms with E-state index in [9.17, 15) is 4.79 Å². The zero-order valence-electron chi connectivity index (χ0n) is 17.7. The number of para-hydroxylation sites is 1. The van der Waals surface area contributed by atoms with E-state index in [1.54, 1.807) is 23.2 Å². The van der Waals surface area contributed by atoms with Crippen molar-refractivity contribution in [2.75, 3.05) is 36.4 Å². The Kier molecular flexibility index (Phi) is 5.94. The van der Waals surface area contributed by atoms with Crippen LogP contribution in [0.4, 0.5) is 16.3 Å². The first-order valence-corrected chi connectivity index (χ1v) is 11.4. The summed E-state index contributed by atoms with van der Waals surface area (Å²) >= 11 is 6.14. The minimum absolute atomic E-state index is 0.142. The Balaban J connectivity index is 1.17. The standard InChI is InChI=1S/C23H25ClN6O2/c24-18-7-3-4-8-19(18)26-23(31)30-13-11-29(12-14-30)20-10-9-17(15-25-20)21-27-22(32-28-21)16-5-1-2-6-16/h3-4,7-10,15-16H,1-2,5-6,11-14H2,(H,26,31). The summed E-state index contributed by atoms with van der Waals surface area (Å²) in [6.45, 7) is 2.62. The van der Waals surface area contributed by atoms with Gasteiger partial charge in [-0.15, -0.1) is 0 Å². The van der Waals surface area contributed by atoms with E-state index < -0.39 is 0 Å². The molecule has 1 aliphatic heterocycles.